The Hall–Kier alpha value is 0.200. The third-order valence-electron chi connectivity index (χ3n) is 2.79. The molecule has 15 heavy (non-hydrogen) atoms. The van der Waals surface area contributed by atoms with Gasteiger partial charge in [-0.2, -0.15) is 0 Å². The van der Waals surface area contributed by atoms with Crippen LogP contribution in [0.25, 0.3) is 0 Å². The van der Waals surface area contributed by atoms with Gasteiger partial charge in [0.15, 0.2) is 0 Å². The zero-order chi connectivity index (χ0) is 11.3. The van der Waals surface area contributed by atoms with E-state index in [1.807, 2.05) is 0 Å². The van der Waals surface area contributed by atoms with E-state index in [2.05, 4.69) is 4.72 Å². The van der Waals surface area contributed by atoms with Crippen LogP contribution in [0.3, 0.4) is 0 Å². The van der Waals surface area contributed by atoms with E-state index in [1.165, 1.54) is 19.3 Å². The third kappa shape index (κ3) is 5.18. The van der Waals surface area contributed by atoms with Gasteiger partial charge in [-0.15, -0.1) is 11.6 Å². The Kier molecular flexibility index (Phi) is 5.36. The molecule has 1 saturated carbocycles. The van der Waals surface area contributed by atoms with Crippen molar-refractivity contribution in [2.45, 2.75) is 45.1 Å². The van der Waals surface area contributed by atoms with E-state index in [1.54, 1.807) is 6.92 Å². The lowest BCUT2D eigenvalue weighted by atomic mass is 9.91. The lowest BCUT2D eigenvalue weighted by Crippen LogP contribution is -2.37. The first kappa shape index (κ1) is 13.3. The van der Waals surface area contributed by atoms with Crippen molar-refractivity contribution >= 4 is 21.6 Å². The average Bonchev–Trinajstić information content (AvgIpc) is 2.17. The van der Waals surface area contributed by atoms with E-state index >= 15 is 0 Å². The summed E-state index contributed by atoms with van der Waals surface area (Å²) in [6, 6.07) is -0.166. The monoisotopic (exact) mass is 253 g/mol. The van der Waals surface area contributed by atoms with E-state index in [4.69, 9.17) is 11.6 Å². The van der Waals surface area contributed by atoms with Crippen molar-refractivity contribution in [1.29, 1.82) is 0 Å². The molecule has 0 spiro atoms. The Morgan fingerprint density at radius 3 is 2.47 bits per heavy atom. The predicted octanol–water partition coefficient (Wildman–Crippen LogP) is 2.11. The Morgan fingerprint density at radius 1 is 1.33 bits per heavy atom. The number of alkyl halides is 1. The summed E-state index contributed by atoms with van der Waals surface area (Å²) in [7, 11) is -3.13. The summed E-state index contributed by atoms with van der Waals surface area (Å²) in [5.74, 6) is 0.941. The molecule has 1 fully saturated rings. The molecular formula is C10H20ClNO2S. The largest absolute Gasteiger partial charge is 0.212 e. The van der Waals surface area contributed by atoms with E-state index in [0.29, 0.717) is 11.8 Å². The summed E-state index contributed by atoms with van der Waals surface area (Å²) in [4.78, 5) is 0. The lowest BCUT2D eigenvalue weighted by Gasteiger charge is -2.22. The van der Waals surface area contributed by atoms with Crippen LogP contribution >= 0.6 is 11.6 Å². The highest BCUT2D eigenvalue weighted by Crippen LogP contribution is 2.24. The molecule has 1 atom stereocenters. The first-order chi connectivity index (χ1) is 7.03. The maximum Gasteiger partial charge on any atom is 0.212 e. The zero-order valence-electron chi connectivity index (χ0n) is 9.21. The van der Waals surface area contributed by atoms with Gasteiger partial charge in [0.25, 0.3) is 0 Å². The maximum atomic E-state index is 11.7. The highest BCUT2D eigenvalue weighted by molar-refractivity contribution is 7.89. The quantitative estimate of drug-likeness (QED) is 0.763. The van der Waals surface area contributed by atoms with Crippen molar-refractivity contribution in [3.8, 4) is 0 Å². The number of rotatable bonds is 5. The van der Waals surface area contributed by atoms with Crippen LogP contribution in [0.5, 0.6) is 0 Å². The minimum absolute atomic E-state index is 0.166. The van der Waals surface area contributed by atoms with Crippen LogP contribution in [-0.2, 0) is 10.0 Å². The number of hydrogen-bond donors (Lipinski definition) is 1. The van der Waals surface area contributed by atoms with Gasteiger partial charge in [-0.1, -0.05) is 19.3 Å². The smallest absolute Gasteiger partial charge is 0.212 e. The van der Waals surface area contributed by atoms with Gasteiger partial charge in [0, 0.05) is 11.9 Å². The van der Waals surface area contributed by atoms with Gasteiger partial charge in [-0.25, -0.2) is 13.1 Å². The highest BCUT2D eigenvalue weighted by atomic mass is 35.5. The molecule has 1 unspecified atom stereocenters. The SMILES string of the molecule is CC(CCl)NS(=O)(=O)CC1CCCCC1. The predicted molar refractivity (Wildman–Crippen MR) is 63.7 cm³/mol. The maximum absolute atomic E-state index is 11.7. The standard InChI is InChI=1S/C10H20ClNO2S/c1-9(7-11)12-15(13,14)8-10-5-3-2-4-6-10/h9-10,12H,2-8H2,1H3. The number of nitrogens with one attached hydrogen (secondary N) is 1. The van der Waals surface area contributed by atoms with Gasteiger partial charge in [0.05, 0.1) is 5.75 Å². The molecule has 0 saturated heterocycles. The Morgan fingerprint density at radius 2 is 1.93 bits per heavy atom. The van der Waals surface area contributed by atoms with Crippen LogP contribution in [-0.4, -0.2) is 26.1 Å². The molecule has 90 valence electrons. The summed E-state index contributed by atoms with van der Waals surface area (Å²) in [5, 5.41) is 0. The molecule has 0 aliphatic heterocycles. The van der Waals surface area contributed by atoms with E-state index in [-0.39, 0.29) is 11.8 Å². The van der Waals surface area contributed by atoms with Gasteiger partial charge in [0.2, 0.25) is 10.0 Å². The average molecular weight is 254 g/mol. The molecule has 0 amide bonds. The van der Waals surface area contributed by atoms with Gasteiger partial charge < -0.3 is 0 Å². The van der Waals surface area contributed by atoms with Crippen molar-refractivity contribution in [2.75, 3.05) is 11.6 Å². The summed E-state index contributed by atoms with van der Waals surface area (Å²) in [5.41, 5.74) is 0. The zero-order valence-corrected chi connectivity index (χ0v) is 10.8. The van der Waals surface area contributed by atoms with E-state index < -0.39 is 10.0 Å². The molecule has 0 aromatic rings. The molecule has 1 aliphatic rings. The first-order valence-electron chi connectivity index (χ1n) is 5.59. The second-order valence-electron chi connectivity index (χ2n) is 4.46. The van der Waals surface area contributed by atoms with Crippen LogP contribution < -0.4 is 4.72 Å². The molecule has 0 heterocycles. The topological polar surface area (TPSA) is 46.2 Å². The lowest BCUT2D eigenvalue weighted by molar-refractivity contribution is 0.383. The first-order valence-corrected chi connectivity index (χ1v) is 7.78. The summed E-state index contributed by atoms with van der Waals surface area (Å²) in [6.45, 7) is 1.78. The fourth-order valence-corrected chi connectivity index (χ4v) is 3.97. The molecule has 0 bridgehead atoms. The number of halogens is 1. The Labute approximate surface area is 97.6 Å². The van der Waals surface area contributed by atoms with Crippen molar-refractivity contribution in [2.24, 2.45) is 5.92 Å². The fourth-order valence-electron chi connectivity index (χ4n) is 2.05. The summed E-state index contributed by atoms with van der Waals surface area (Å²) in [6.07, 6.45) is 5.70. The second kappa shape index (κ2) is 6.06. The molecule has 0 aromatic carbocycles. The van der Waals surface area contributed by atoms with Gasteiger partial charge >= 0.3 is 0 Å². The molecule has 1 aliphatic carbocycles. The molecule has 0 radical (unpaired) electrons. The molecule has 0 aromatic heterocycles. The van der Waals surface area contributed by atoms with Crippen molar-refractivity contribution < 1.29 is 8.42 Å². The van der Waals surface area contributed by atoms with Crippen LogP contribution in [0.15, 0.2) is 0 Å². The van der Waals surface area contributed by atoms with Gasteiger partial charge in [0.1, 0.15) is 0 Å². The number of sulfonamides is 1. The second-order valence-corrected chi connectivity index (χ2v) is 6.57. The third-order valence-corrected chi connectivity index (χ3v) is 4.93. The minimum atomic E-state index is -3.13. The van der Waals surface area contributed by atoms with Crippen LogP contribution in [0.2, 0.25) is 0 Å². The molecule has 3 nitrogen and oxygen atoms in total. The summed E-state index contributed by atoms with van der Waals surface area (Å²) < 4.78 is 26.0. The van der Waals surface area contributed by atoms with Crippen LogP contribution in [0.1, 0.15) is 39.0 Å². The normalized spacial score (nSPS) is 21.5. The highest BCUT2D eigenvalue weighted by Gasteiger charge is 2.22. The summed E-state index contributed by atoms with van der Waals surface area (Å²) >= 11 is 5.57. The van der Waals surface area contributed by atoms with Gasteiger partial charge in [-0.3, -0.25) is 0 Å². The molecule has 1 N–H and O–H groups in total. The Bertz CT molecular complexity index is 273. The minimum Gasteiger partial charge on any atom is -0.212 e. The molecule has 1 rings (SSSR count). The van der Waals surface area contributed by atoms with Crippen molar-refractivity contribution in [3.63, 3.8) is 0 Å². The van der Waals surface area contributed by atoms with Crippen LogP contribution in [0.4, 0.5) is 0 Å². The molecule has 5 heteroatoms. The van der Waals surface area contributed by atoms with Crippen LogP contribution in [0, 0.1) is 5.92 Å². The Balaban J connectivity index is 2.40. The van der Waals surface area contributed by atoms with E-state index in [0.717, 1.165) is 12.8 Å². The van der Waals surface area contributed by atoms with Gasteiger partial charge in [-0.05, 0) is 25.7 Å². The van der Waals surface area contributed by atoms with E-state index in [9.17, 15) is 8.42 Å². The van der Waals surface area contributed by atoms with Crippen molar-refractivity contribution in [1.82, 2.24) is 4.72 Å². The van der Waals surface area contributed by atoms with Crippen molar-refractivity contribution in [3.05, 3.63) is 0 Å². The molecular weight excluding hydrogens is 234 g/mol. The number of hydrogen-bond acceptors (Lipinski definition) is 2. The fraction of sp³-hybridized carbons (Fsp3) is 1.00.